The molecule has 0 saturated carbocycles. The van der Waals surface area contributed by atoms with Crippen LogP contribution in [0.1, 0.15) is 16.0 Å². The molecule has 0 unspecified atom stereocenters. The number of amidine groups is 1. The number of nitrogens with one attached hydrogen (secondary N) is 1. The first-order chi connectivity index (χ1) is 9.20. The third kappa shape index (κ3) is 3.79. The monoisotopic (exact) mass is 339 g/mol. The van der Waals surface area contributed by atoms with Crippen molar-refractivity contribution in [3.63, 3.8) is 0 Å². The highest BCUT2D eigenvalue weighted by Gasteiger charge is 2.02. The number of hydrogen-bond acceptors (Lipinski definition) is 4. The van der Waals surface area contributed by atoms with Crippen molar-refractivity contribution in [1.82, 2.24) is 5.32 Å². The van der Waals surface area contributed by atoms with E-state index in [-0.39, 0.29) is 5.84 Å². The normalized spacial score (nSPS) is 11.7. The van der Waals surface area contributed by atoms with Crippen LogP contribution in [0.15, 0.2) is 45.3 Å². The summed E-state index contributed by atoms with van der Waals surface area (Å²) in [6, 6.07) is 9.65. The summed E-state index contributed by atoms with van der Waals surface area (Å²) in [5.74, 6) is 0.127. The molecule has 100 valence electrons. The number of halogens is 1. The Labute approximate surface area is 124 Å². The molecule has 19 heavy (non-hydrogen) atoms. The van der Waals surface area contributed by atoms with E-state index in [9.17, 15) is 0 Å². The van der Waals surface area contributed by atoms with E-state index < -0.39 is 0 Å². The Morgan fingerprint density at radius 1 is 1.26 bits per heavy atom. The number of benzene rings is 1. The molecule has 0 aliphatic carbocycles. The van der Waals surface area contributed by atoms with E-state index in [1.807, 2.05) is 30.3 Å². The van der Waals surface area contributed by atoms with E-state index in [0.717, 1.165) is 23.1 Å². The zero-order chi connectivity index (χ0) is 13.7. The summed E-state index contributed by atoms with van der Waals surface area (Å²) in [6.45, 7) is 1.61. The van der Waals surface area contributed by atoms with Crippen molar-refractivity contribution in [2.24, 2.45) is 10.9 Å². The maximum atomic E-state index is 8.58. The number of nitrogens with two attached hydrogens (primary N) is 1. The molecule has 2 rings (SSSR count). The molecule has 0 fully saturated rings. The van der Waals surface area contributed by atoms with Gasteiger partial charge in [-0.2, -0.15) is 0 Å². The molecule has 0 atom stereocenters. The molecule has 0 aliphatic rings. The zero-order valence-corrected chi connectivity index (χ0v) is 12.5. The SMILES string of the molecule is NC(=NO)c1ccc(CNCc2sccc2Br)cc1. The average molecular weight is 340 g/mol. The summed E-state index contributed by atoms with van der Waals surface area (Å²) in [5.41, 5.74) is 7.38. The molecular weight excluding hydrogens is 326 g/mol. The van der Waals surface area contributed by atoms with Crippen LogP contribution in [0.4, 0.5) is 0 Å². The first kappa shape index (κ1) is 14.0. The van der Waals surface area contributed by atoms with Crippen LogP contribution < -0.4 is 11.1 Å². The maximum Gasteiger partial charge on any atom is 0.170 e. The van der Waals surface area contributed by atoms with Gasteiger partial charge in [0.2, 0.25) is 0 Å². The van der Waals surface area contributed by atoms with Gasteiger partial charge in [-0.05, 0) is 32.9 Å². The van der Waals surface area contributed by atoms with Gasteiger partial charge in [-0.25, -0.2) is 0 Å². The number of nitrogens with zero attached hydrogens (tertiary/aromatic N) is 1. The number of thiophene rings is 1. The van der Waals surface area contributed by atoms with Gasteiger partial charge in [-0.1, -0.05) is 29.4 Å². The fourth-order valence-corrected chi connectivity index (χ4v) is 3.08. The molecular formula is C13H14BrN3OS. The molecule has 0 radical (unpaired) electrons. The topological polar surface area (TPSA) is 70.6 Å². The zero-order valence-electron chi connectivity index (χ0n) is 10.1. The molecule has 1 aromatic carbocycles. The second-order valence-electron chi connectivity index (χ2n) is 3.98. The van der Waals surface area contributed by atoms with E-state index in [0.29, 0.717) is 5.56 Å². The van der Waals surface area contributed by atoms with Crippen molar-refractivity contribution in [3.05, 3.63) is 56.2 Å². The van der Waals surface area contributed by atoms with Crippen molar-refractivity contribution in [3.8, 4) is 0 Å². The van der Waals surface area contributed by atoms with Crippen LogP contribution in [-0.2, 0) is 13.1 Å². The van der Waals surface area contributed by atoms with Crippen LogP contribution in [0, 0.1) is 0 Å². The third-order valence-electron chi connectivity index (χ3n) is 2.66. The molecule has 0 saturated heterocycles. The molecule has 0 spiro atoms. The number of hydrogen-bond donors (Lipinski definition) is 3. The van der Waals surface area contributed by atoms with Crippen LogP contribution in [0.5, 0.6) is 0 Å². The van der Waals surface area contributed by atoms with Crippen LogP contribution in [0.3, 0.4) is 0 Å². The van der Waals surface area contributed by atoms with Crippen molar-refractivity contribution in [2.45, 2.75) is 13.1 Å². The third-order valence-corrected chi connectivity index (χ3v) is 4.59. The van der Waals surface area contributed by atoms with Gasteiger partial charge in [0.15, 0.2) is 5.84 Å². The Balaban J connectivity index is 1.88. The molecule has 0 aliphatic heterocycles. The fourth-order valence-electron chi connectivity index (χ4n) is 1.62. The lowest BCUT2D eigenvalue weighted by Gasteiger charge is -2.05. The molecule has 6 heteroatoms. The van der Waals surface area contributed by atoms with Crippen LogP contribution in [-0.4, -0.2) is 11.0 Å². The Kier molecular flexibility index (Phi) is 4.95. The molecule has 0 bridgehead atoms. The lowest BCUT2D eigenvalue weighted by atomic mass is 10.1. The van der Waals surface area contributed by atoms with Gasteiger partial charge < -0.3 is 16.3 Å². The summed E-state index contributed by atoms with van der Waals surface area (Å²) >= 11 is 5.23. The number of oxime groups is 1. The van der Waals surface area contributed by atoms with Crippen molar-refractivity contribution in [2.75, 3.05) is 0 Å². The van der Waals surface area contributed by atoms with Gasteiger partial charge in [-0.15, -0.1) is 11.3 Å². The summed E-state index contributed by atoms with van der Waals surface area (Å²) in [4.78, 5) is 1.29. The minimum atomic E-state index is 0.127. The Morgan fingerprint density at radius 3 is 2.58 bits per heavy atom. The minimum absolute atomic E-state index is 0.127. The quantitative estimate of drug-likeness (QED) is 0.339. The largest absolute Gasteiger partial charge is 0.409 e. The van der Waals surface area contributed by atoms with Gasteiger partial charge in [0.1, 0.15) is 0 Å². The smallest absolute Gasteiger partial charge is 0.170 e. The first-order valence-electron chi connectivity index (χ1n) is 5.70. The van der Waals surface area contributed by atoms with Gasteiger partial charge >= 0.3 is 0 Å². The Bertz CT molecular complexity index is 566. The fraction of sp³-hybridized carbons (Fsp3) is 0.154. The lowest BCUT2D eigenvalue weighted by molar-refractivity contribution is 0.318. The average Bonchev–Trinajstić information content (AvgIpc) is 2.84. The molecule has 2 aromatic rings. The standard InChI is InChI=1S/C13H14BrN3OS/c14-11-5-6-19-12(11)8-16-7-9-1-3-10(4-2-9)13(15)17-18/h1-6,16,18H,7-8H2,(H2,15,17). The van der Waals surface area contributed by atoms with E-state index in [4.69, 9.17) is 10.9 Å². The minimum Gasteiger partial charge on any atom is -0.409 e. The first-order valence-corrected chi connectivity index (χ1v) is 7.37. The van der Waals surface area contributed by atoms with Gasteiger partial charge in [0.05, 0.1) is 0 Å². The predicted octanol–water partition coefficient (Wildman–Crippen LogP) is 2.89. The van der Waals surface area contributed by atoms with Crippen molar-refractivity contribution in [1.29, 1.82) is 0 Å². The van der Waals surface area contributed by atoms with E-state index in [1.54, 1.807) is 11.3 Å². The summed E-state index contributed by atoms with van der Waals surface area (Å²) in [5, 5.41) is 17.0. The molecule has 0 amide bonds. The summed E-state index contributed by atoms with van der Waals surface area (Å²) in [6.07, 6.45) is 0. The molecule has 4 nitrogen and oxygen atoms in total. The highest BCUT2D eigenvalue weighted by molar-refractivity contribution is 9.10. The molecule has 4 N–H and O–H groups in total. The van der Waals surface area contributed by atoms with Gasteiger partial charge in [0, 0.05) is 28.0 Å². The van der Waals surface area contributed by atoms with Crippen LogP contribution >= 0.6 is 27.3 Å². The summed E-state index contributed by atoms with van der Waals surface area (Å²) < 4.78 is 1.15. The Hall–Kier alpha value is -1.37. The maximum absolute atomic E-state index is 8.58. The van der Waals surface area contributed by atoms with Crippen molar-refractivity contribution < 1.29 is 5.21 Å². The van der Waals surface area contributed by atoms with Crippen LogP contribution in [0.2, 0.25) is 0 Å². The highest BCUT2D eigenvalue weighted by Crippen LogP contribution is 2.22. The highest BCUT2D eigenvalue weighted by atomic mass is 79.9. The van der Waals surface area contributed by atoms with Gasteiger partial charge in [0.25, 0.3) is 0 Å². The van der Waals surface area contributed by atoms with Gasteiger partial charge in [-0.3, -0.25) is 0 Å². The van der Waals surface area contributed by atoms with E-state index in [1.165, 1.54) is 4.88 Å². The molecule has 1 heterocycles. The summed E-state index contributed by atoms with van der Waals surface area (Å²) in [7, 11) is 0. The Morgan fingerprint density at radius 2 is 2.00 bits per heavy atom. The van der Waals surface area contributed by atoms with E-state index in [2.05, 4.69) is 31.8 Å². The molecule has 1 aromatic heterocycles. The second kappa shape index (κ2) is 6.70. The predicted molar refractivity (Wildman–Crippen MR) is 81.5 cm³/mol. The lowest BCUT2D eigenvalue weighted by Crippen LogP contribution is -2.14. The van der Waals surface area contributed by atoms with Crippen molar-refractivity contribution >= 4 is 33.1 Å². The number of rotatable bonds is 5. The van der Waals surface area contributed by atoms with E-state index >= 15 is 0 Å². The second-order valence-corrected chi connectivity index (χ2v) is 5.83. The van der Waals surface area contributed by atoms with Crippen LogP contribution in [0.25, 0.3) is 0 Å².